The maximum atomic E-state index is 6.25. The normalized spacial score (nSPS) is 19.3. The number of hydrogen-bond donors (Lipinski definition) is 0. The average molecular weight is 388 g/mol. The molecule has 2 atom stereocenters. The molecule has 0 heterocycles. The smallest absolute Gasteiger partial charge is 0.166 e. The molecule has 0 spiro atoms. The topological polar surface area (TPSA) is 9.23 Å². The zero-order chi connectivity index (χ0) is 19.3. The van der Waals surface area contributed by atoms with Crippen LogP contribution in [0.3, 0.4) is 0 Å². The molecule has 0 amide bonds. The van der Waals surface area contributed by atoms with Crippen molar-refractivity contribution in [2.75, 3.05) is 0 Å². The number of hydrogen-bond acceptors (Lipinski definition) is 1. The lowest BCUT2D eigenvalue weighted by molar-refractivity contribution is 0.272. The van der Waals surface area contributed by atoms with Crippen molar-refractivity contribution < 1.29 is 4.74 Å². The molecule has 2 heteroatoms. The Kier molecular flexibility index (Phi) is 5.87. The molecule has 0 aromatic heterocycles. The summed E-state index contributed by atoms with van der Waals surface area (Å²) in [5.41, 5.74) is 0. The fourth-order valence-corrected chi connectivity index (χ4v) is 5.72. The predicted octanol–water partition coefficient (Wildman–Crippen LogP) is 7.11. The standard InChI is InChI=1S/C26H27OS/c1-20-10-9-15-26(21(20)2)27-22-16-18-25(19-17-22)28(23-11-5-3-6-12-23)24-13-7-4-8-14-24/h3-8,11-21H,9-10H2,1-2H3/q+1. The van der Waals surface area contributed by atoms with Crippen LogP contribution in [0, 0.1) is 11.8 Å². The first-order chi connectivity index (χ1) is 13.7. The third-order valence-corrected chi connectivity index (χ3v) is 7.75. The minimum Gasteiger partial charge on any atom is -0.462 e. The van der Waals surface area contributed by atoms with Gasteiger partial charge in [-0.05, 0) is 73.4 Å². The summed E-state index contributed by atoms with van der Waals surface area (Å²) in [4.78, 5) is 3.98. The van der Waals surface area contributed by atoms with Gasteiger partial charge in [0.15, 0.2) is 14.7 Å². The molecule has 0 saturated heterocycles. The van der Waals surface area contributed by atoms with Crippen LogP contribution in [-0.2, 0) is 10.9 Å². The minimum atomic E-state index is -0.112. The predicted molar refractivity (Wildman–Crippen MR) is 118 cm³/mol. The van der Waals surface area contributed by atoms with Gasteiger partial charge in [-0.2, -0.15) is 0 Å². The van der Waals surface area contributed by atoms with E-state index in [-0.39, 0.29) is 10.9 Å². The van der Waals surface area contributed by atoms with Gasteiger partial charge in [0.1, 0.15) is 11.5 Å². The quantitative estimate of drug-likeness (QED) is 0.424. The van der Waals surface area contributed by atoms with Crippen molar-refractivity contribution in [2.45, 2.75) is 41.4 Å². The monoisotopic (exact) mass is 387 g/mol. The van der Waals surface area contributed by atoms with Crippen LogP contribution in [0.4, 0.5) is 0 Å². The van der Waals surface area contributed by atoms with E-state index in [2.05, 4.69) is 105 Å². The van der Waals surface area contributed by atoms with Crippen LogP contribution in [0.5, 0.6) is 5.75 Å². The molecule has 3 aromatic carbocycles. The summed E-state index contributed by atoms with van der Waals surface area (Å²) in [6, 6.07) is 30.2. The molecule has 0 N–H and O–H groups in total. The number of allylic oxidation sites excluding steroid dienone is 2. The first kappa shape index (κ1) is 18.9. The molecule has 28 heavy (non-hydrogen) atoms. The minimum absolute atomic E-state index is 0.112. The molecule has 4 rings (SSSR count). The van der Waals surface area contributed by atoms with E-state index in [1.807, 2.05) is 0 Å². The summed E-state index contributed by atoms with van der Waals surface area (Å²) >= 11 is 0. The molecule has 0 bridgehead atoms. The van der Waals surface area contributed by atoms with Gasteiger partial charge in [-0.25, -0.2) is 0 Å². The Morgan fingerprint density at radius 3 is 1.82 bits per heavy atom. The lowest BCUT2D eigenvalue weighted by atomic mass is 9.85. The van der Waals surface area contributed by atoms with Crippen LogP contribution in [0.15, 0.2) is 111 Å². The largest absolute Gasteiger partial charge is 0.462 e. The van der Waals surface area contributed by atoms with Gasteiger partial charge in [-0.15, -0.1) is 0 Å². The summed E-state index contributed by atoms with van der Waals surface area (Å²) in [6.07, 6.45) is 4.63. The number of benzene rings is 3. The fourth-order valence-electron chi connectivity index (χ4n) is 3.64. The lowest BCUT2D eigenvalue weighted by Gasteiger charge is -2.26. The van der Waals surface area contributed by atoms with Crippen LogP contribution in [-0.4, -0.2) is 0 Å². The molecule has 2 unspecified atom stereocenters. The second-order valence-corrected chi connectivity index (χ2v) is 9.48. The summed E-state index contributed by atoms with van der Waals surface area (Å²) in [6.45, 7) is 4.59. The van der Waals surface area contributed by atoms with E-state index in [1.54, 1.807) is 0 Å². The lowest BCUT2D eigenvalue weighted by Crippen LogP contribution is -2.18. The molecule has 0 radical (unpaired) electrons. The average Bonchev–Trinajstić information content (AvgIpc) is 2.74. The van der Waals surface area contributed by atoms with Gasteiger partial charge in [-0.3, -0.25) is 0 Å². The van der Waals surface area contributed by atoms with E-state index in [0.717, 1.165) is 17.9 Å². The highest BCUT2D eigenvalue weighted by atomic mass is 32.2. The van der Waals surface area contributed by atoms with Crippen LogP contribution in [0.25, 0.3) is 0 Å². The van der Waals surface area contributed by atoms with Gasteiger partial charge in [-0.1, -0.05) is 50.2 Å². The van der Waals surface area contributed by atoms with Crippen LogP contribution in [0.1, 0.15) is 26.7 Å². The zero-order valence-electron chi connectivity index (χ0n) is 16.5. The molecule has 3 aromatic rings. The van der Waals surface area contributed by atoms with Gasteiger partial charge in [0.25, 0.3) is 0 Å². The van der Waals surface area contributed by atoms with E-state index < -0.39 is 0 Å². The van der Waals surface area contributed by atoms with E-state index >= 15 is 0 Å². The first-order valence-electron chi connectivity index (χ1n) is 10.0. The van der Waals surface area contributed by atoms with Crippen molar-refractivity contribution >= 4 is 10.9 Å². The summed E-state index contributed by atoms with van der Waals surface area (Å²) < 4.78 is 6.25. The van der Waals surface area contributed by atoms with Gasteiger partial charge in [0.05, 0.1) is 10.9 Å². The molecular weight excluding hydrogens is 360 g/mol. The maximum absolute atomic E-state index is 6.25. The molecule has 0 saturated carbocycles. The second kappa shape index (κ2) is 8.70. The first-order valence-corrected chi connectivity index (χ1v) is 11.3. The maximum Gasteiger partial charge on any atom is 0.166 e. The molecule has 0 fully saturated rings. The van der Waals surface area contributed by atoms with Gasteiger partial charge in [0, 0.05) is 5.92 Å². The highest BCUT2D eigenvalue weighted by Crippen LogP contribution is 2.34. The van der Waals surface area contributed by atoms with Crippen molar-refractivity contribution in [2.24, 2.45) is 11.8 Å². The van der Waals surface area contributed by atoms with Gasteiger partial charge >= 0.3 is 0 Å². The van der Waals surface area contributed by atoms with Crippen LogP contribution in [0.2, 0.25) is 0 Å². The SMILES string of the molecule is CC1CCC=C(Oc2ccc([S+](c3ccccc3)c3ccccc3)cc2)C1C. The molecule has 1 nitrogen and oxygen atoms in total. The third kappa shape index (κ3) is 4.18. The Hall–Kier alpha value is -2.45. The fraction of sp³-hybridized carbons (Fsp3) is 0.231. The van der Waals surface area contributed by atoms with Crippen molar-refractivity contribution in [3.05, 3.63) is 96.8 Å². The van der Waals surface area contributed by atoms with Gasteiger partial charge in [0.2, 0.25) is 0 Å². The molecule has 0 aliphatic heterocycles. The van der Waals surface area contributed by atoms with E-state index in [1.165, 1.54) is 21.1 Å². The Bertz CT molecular complexity index is 876. The van der Waals surface area contributed by atoms with Crippen molar-refractivity contribution in [1.29, 1.82) is 0 Å². The molecule has 1 aliphatic carbocycles. The van der Waals surface area contributed by atoms with Crippen molar-refractivity contribution in [3.63, 3.8) is 0 Å². The summed E-state index contributed by atoms with van der Waals surface area (Å²) in [5, 5.41) is 0. The number of rotatable bonds is 5. The highest BCUT2D eigenvalue weighted by molar-refractivity contribution is 7.97. The van der Waals surface area contributed by atoms with E-state index in [4.69, 9.17) is 4.74 Å². The van der Waals surface area contributed by atoms with E-state index in [0.29, 0.717) is 11.8 Å². The van der Waals surface area contributed by atoms with Crippen molar-refractivity contribution in [1.82, 2.24) is 0 Å². The van der Waals surface area contributed by atoms with Crippen molar-refractivity contribution in [3.8, 4) is 5.75 Å². The summed E-state index contributed by atoms with van der Waals surface area (Å²) in [5.74, 6) is 3.22. The highest BCUT2D eigenvalue weighted by Gasteiger charge is 2.28. The Labute approximate surface area is 171 Å². The number of ether oxygens (including phenoxy) is 1. The Morgan fingerprint density at radius 1 is 0.714 bits per heavy atom. The Morgan fingerprint density at radius 2 is 1.25 bits per heavy atom. The van der Waals surface area contributed by atoms with E-state index in [9.17, 15) is 0 Å². The van der Waals surface area contributed by atoms with Crippen LogP contribution >= 0.6 is 0 Å². The zero-order valence-corrected chi connectivity index (χ0v) is 17.4. The Balaban J connectivity index is 1.61. The summed E-state index contributed by atoms with van der Waals surface area (Å²) in [7, 11) is -0.112. The van der Waals surface area contributed by atoms with Crippen LogP contribution < -0.4 is 4.74 Å². The third-order valence-electron chi connectivity index (χ3n) is 5.52. The van der Waals surface area contributed by atoms with Gasteiger partial charge < -0.3 is 4.74 Å². The second-order valence-electron chi connectivity index (χ2n) is 7.46. The molecule has 142 valence electrons. The molecular formula is C26H27OS+. The molecule has 1 aliphatic rings.